The molecule has 0 saturated heterocycles. The average molecular weight is 779 g/mol. The largest absolute Gasteiger partial charge is 0.550 e. The number of carbonyl (C=O) groups excluding carboxylic acids is 1. The molecule has 0 aliphatic carbocycles. The van der Waals surface area contributed by atoms with Crippen LogP contribution in [0.15, 0.2) is 251 Å². The van der Waals surface area contributed by atoms with E-state index in [1.165, 1.54) is 81.4 Å². The number of rotatable bonds is 9. The normalized spacial score (nSPS) is 10.7. The smallest absolute Gasteiger partial charge is 0.182 e. The maximum atomic E-state index is 8.89. The van der Waals surface area contributed by atoms with Gasteiger partial charge < -0.3 is 9.90 Å². The van der Waals surface area contributed by atoms with Crippen LogP contribution in [0, 0.1) is 0 Å². The Bertz CT molecular complexity index is 2460. The van der Waals surface area contributed by atoms with Crippen LogP contribution in [0.5, 0.6) is 0 Å². The van der Waals surface area contributed by atoms with Crippen molar-refractivity contribution >= 4 is 16.9 Å². The Morgan fingerprint density at radius 3 is 0.763 bits per heavy atom. The standard InChI is InChI=1S/C54H39S.C2H4O2/c1-8-22-40(23-9-1)46-36-49(42-26-12-3-13-27-42)53(50(37-46)43-28-14-4-15-29-43)55(48-34-20-7-21-35-48)54-51(44-30-16-5-17-31-44)38-47(41-24-10-2-11-25-41)39-52(54)45-32-18-6-19-33-45;1-2(3)4/h1-39H;1H3,(H,3,4)/q+1;/p-1. The monoisotopic (exact) mass is 778 g/mol. The molecule has 0 aliphatic heterocycles. The molecule has 0 unspecified atom stereocenters. The molecule has 59 heavy (non-hydrogen) atoms. The van der Waals surface area contributed by atoms with Gasteiger partial charge in [0, 0.05) is 28.2 Å². The lowest BCUT2D eigenvalue weighted by atomic mass is 9.93. The fourth-order valence-corrected chi connectivity index (χ4v) is 10.2. The van der Waals surface area contributed by atoms with E-state index in [0.717, 1.165) is 6.92 Å². The molecule has 0 atom stereocenters. The number of carbonyl (C=O) groups is 1. The Morgan fingerprint density at radius 1 is 0.322 bits per heavy atom. The van der Waals surface area contributed by atoms with Crippen LogP contribution in [-0.4, -0.2) is 5.97 Å². The zero-order valence-electron chi connectivity index (χ0n) is 32.7. The first kappa shape index (κ1) is 38.7. The van der Waals surface area contributed by atoms with Crippen molar-refractivity contribution in [1.29, 1.82) is 0 Å². The van der Waals surface area contributed by atoms with Crippen LogP contribution in [0.4, 0.5) is 0 Å². The molecule has 0 saturated carbocycles. The second kappa shape index (κ2) is 18.4. The van der Waals surface area contributed by atoms with Gasteiger partial charge in [-0.3, -0.25) is 0 Å². The number of aliphatic carboxylic acids is 1. The fraction of sp³-hybridized carbons (Fsp3) is 0.0179. The van der Waals surface area contributed by atoms with E-state index >= 15 is 0 Å². The molecule has 0 heterocycles. The number of carboxylic acid groups (broad SMARTS) is 1. The van der Waals surface area contributed by atoms with Crippen molar-refractivity contribution in [1.82, 2.24) is 0 Å². The topological polar surface area (TPSA) is 40.1 Å². The van der Waals surface area contributed by atoms with E-state index in [2.05, 4.69) is 237 Å². The van der Waals surface area contributed by atoms with Crippen LogP contribution < -0.4 is 5.11 Å². The lowest BCUT2D eigenvalue weighted by molar-refractivity contribution is -0.302. The Hall–Kier alpha value is -7.20. The first-order valence-corrected chi connectivity index (χ1v) is 20.9. The summed E-state index contributed by atoms with van der Waals surface area (Å²) in [7, 11) is -0.592. The quantitative estimate of drug-likeness (QED) is 0.137. The van der Waals surface area contributed by atoms with Crippen LogP contribution in [0.1, 0.15) is 6.92 Å². The molecule has 0 aliphatic rings. The zero-order chi connectivity index (χ0) is 40.4. The van der Waals surface area contributed by atoms with E-state index < -0.39 is 16.9 Å². The zero-order valence-corrected chi connectivity index (χ0v) is 33.6. The van der Waals surface area contributed by atoms with E-state index in [9.17, 15) is 0 Å². The summed E-state index contributed by atoms with van der Waals surface area (Å²) in [4.78, 5) is 12.8. The third-order valence-corrected chi connectivity index (χ3v) is 12.6. The molecule has 0 fully saturated rings. The van der Waals surface area contributed by atoms with Crippen LogP contribution in [0.2, 0.25) is 0 Å². The number of hydrogen-bond acceptors (Lipinski definition) is 2. The van der Waals surface area contributed by atoms with Crippen molar-refractivity contribution in [3.8, 4) is 66.8 Å². The first-order valence-electron chi connectivity index (χ1n) is 19.7. The van der Waals surface area contributed by atoms with Gasteiger partial charge in [0.2, 0.25) is 0 Å². The summed E-state index contributed by atoms with van der Waals surface area (Å²) >= 11 is 0. The van der Waals surface area contributed by atoms with Crippen molar-refractivity contribution in [3.05, 3.63) is 237 Å². The van der Waals surface area contributed by atoms with Crippen molar-refractivity contribution in [3.63, 3.8) is 0 Å². The molecule has 9 rings (SSSR count). The third kappa shape index (κ3) is 8.87. The highest BCUT2D eigenvalue weighted by Crippen LogP contribution is 2.51. The average Bonchev–Trinajstić information content (AvgIpc) is 3.31. The van der Waals surface area contributed by atoms with Crippen LogP contribution in [0.25, 0.3) is 66.8 Å². The van der Waals surface area contributed by atoms with E-state index in [4.69, 9.17) is 9.90 Å². The van der Waals surface area contributed by atoms with E-state index in [0.29, 0.717) is 0 Å². The molecular formula is C56H42O2S. The molecule has 3 heteroatoms. The maximum Gasteiger partial charge on any atom is 0.182 e. The molecule has 0 radical (unpaired) electrons. The highest BCUT2D eigenvalue weighted by atomic mass is 32.2. The van der Waals surface area contributed by atoms with E-state index in [-0.39, 0.29) is 0 Å². The molecule has 0 amide bonds. The van der Waals surface area contributed by atoms with Gasteiger partial charge in [-0.1, -0.05) is 200 Å². The molecule has 0 N–H and O–H groups in total. The second-order valence-electron chi connectivity index (χ2n) is 14.1. The molecule has 0 spiro atoms. The summed E-state index contributed by atoms with van der Waals surface area (Å²) < 4.78 is 0. The van der Waals surface area contributed by atoms with Gasteiger partial charge in [-0.2, -0.15) is 0 Å². The Balaban J connectivity index is 0.00000116. The van der Waals surface area contributed by atoms with Gasteiger partial charge in [0.25, 0.3) is 0 Å². The van der Waals surface area contributed by atoms with E-state index in [1.54, 1.807) is 0 Å². The summed E-state index contributed by atoms with van der Waals surface area (Å²) in [5, 5.41) is 8.89. The molecule has 2 nitrogen and oxygen atoms in total. The van der Waals surface area contributed by atoms with Gasteiger partial charge in [0.05, 0.1) is 0 Å². The van der Waals surface area contributed by atoms with Gasteiger partial charge in [-0.25, -0.2) is 0 Å². The van der Waals surface area contributed by atoms with Gasteiger partial charge in [0.15, 0.2) is 14.7 Å². The summed E-state index contributed by atoms with van der Waals surface area (Å²) in [5.74, 6) is -1.08. The summed E-state index contributed by atoms with van der Waals surface area (Å²) in [6, 6.07) is 86.4. The highest BCUT2D eigenvalue weighted by Gasteiger charge is 2.40. The number of carboxylic acids is 1. The minimum Gasteiger partial charge on any atom is -0.550 e. The lowest BCUT2D eigenvalue weighted by Gasteiger charge is -2.23. The number of benzene rings is 9. The molecule has 284 valence electrons. The van der Waals surface area contributed by atoms with Crippen molar-refractivity contribution < 1.29 is 9.90 Å². The van der Waals surface area contributed by atoms with Crippen molar-refractivity contribution in [2.45, 2.75) is 21.6 Å². The van der Waals surface area contributed by atoms with Crippen LogP contribution in [0.3, 0.4) is 0 Å². The number of hydrogen-bond donors (Lipinski definition) is 0. The van der Waals surface area contributed by atoms with Crippen molar-refractivity contribution in [2.24, 2.45) is 0 Å². The van der Waals surface area contributed by atoms with Gasteiger partial charge >= 0.3 is 0 Å². The third-order valence-electron chi connectivity index (χ3n) is 10.1. The highest BCUT2D eigenvalue weighted by molar-refractivity contribution is 7.97. The van der Waals surface area contributed by atoms with Crippen molar-refractivity contribution in [2.75, 3.05) is 0 Å². The van der Waals surface area contributed by atoms with Gasteiger partial charge in [-0.15, -0.1) is 0 Å². The van der Waals surface area contributed by atoms with Gasteiger partial charge in [0.1, 0.15) is 10.9 Å². The molecule has 9 aromatic carbocycles. The van der Waals surface area contributed by atoms with Gasteiger partial charge in [-0.05, 0) is 87.8 Å². The summed E-state index contributed by atoms with van der Waals surface area (Å²) in [6.07, 6.45) is 0. The first-order chi connectivity index (χ1) is 29.0. The summed E-state index contributed by atoms with van der Waals surface area (Å²) in [6.45, 7) is 0.972. The molecule has 9 aromatic rings. The molecular weight excluding hydrogens is 737 g/mol. The SMILES string of the molecule is CC(=O)[O-].c1ccc(-c2cc(-c3ccccc3)c([S+](c3ccccc3)c3c(-c4ccccc4)cc(-c4ccccc4)cc3-c3ccccc3)c(-c3ccccc3)c2)cc1. The molecule has 0 aromatic heterocycles. The second-order valence-corrected chi connectivity index (χ2v) is 16.0. The van der Waals surface area contributed by atoms with Crippen LogP contribution >= 0.6 is 0 Å². The summed E-state index contributed by atoms with van der Waals surface area (Å²) in [5.41, 5.74) is 14.5. The van der Waals surface area contributed by atoms with E-state index in [1.807, 2.05) is 0 Å². The Morgan fingerprint density at radius 2 is 0.525 bits per heavy atom. The Labute approximate surface area is 350 Å². The Kier molecular flexibility index (Phi) is 12.0. The predicted octanol–water partition coefficient (Wildman–Crippen LogP) is 13.5. The maximum absolute atomic E-state index is 8.89. The lowest BCUT2D eigenvalue weighted by Crippen LogP contribution is -2.16. The molecule has 0 bridgehead atoms. The van der Waals surface area contributed by atoms with Crippen LogP contribution in [-0.2, 0) is 15.7 Å². The minimum absolute atomic E-state index is 0.592. The fourth-order valence-electron chi connectivity index (χ4n) is 7.51. The minimum atomic E-state index is -1.08. The predicted molar refractivity (Wildman–Crippen MR) is 245 cm³/mol.